The zero-order valence-electron chi connectivity index (χ0n) is 9.81. The van der Waals surface area contributed by atoms with Crippen molar-refractivity contribution in [1.82, 2.24) is 0 Å². The second kappa shape index (κ2) is 5.39. The van der Waals surface area contributed by atoms with E-state index in [0.717, 1.165) is 6.07 Å². The Labute approximate surface area is 122 Å². The van der Waals surface area contributed by atoms with Gasteiger partial charge in [0.1, 0.15) is 5.82 Å². The second-order valence-corrected chi connectivity index (χ2v) is 5.30. The Bertz CT molecular complexity index is 671. The van der Waals surface area contributed by atoms with E-state index in [9.17, 15) is 13.6 Å². The Hall–Kier alpha value is -1.26. The lowest BCUT2D eigenvalue weighted by molar-refractivity contribution is 0.103. The van der Waals surface area contributed by atoms with Crippen LogP contribution in [0, 0.1) is 18.6 Å². The van der Waals surface area contributed by atoms with Crippen molar-refractivity contribution in [3.05, 3.63) is 68.2 Å². The van der Waals surface area contributed by atoms with Crippen molar-refractivity contribution in [3.63, 3.8) is 0 Å². The molecular formula is C14H8BrClF2O. The fourth-order valence-electron chi connectivity index (χ4n) is 1.71. The molecule has 0 saturated heterocycles. The van der Waals surface area contributed by atoms with Crippen molar-refractivity contribution < 1.29 is 13.6 Å². The summed E-state index contributed by atoms with van der Waals surface area (Å²) in [6.07, 6.45) is 0. The third-order valence-electron chi connectivity index (χ3n) is 2.72. The van der Waals surface area contributed by atoms with Crippen LogP contribution >= 0.6 is 27.5 Å². The fourth-order valence-corrected chi connectivity index (χ4v) is 2.21. The molecule has 2 aromatic carbocycles. The third-order valence-corrected chi connectivity index (χ3v) is 3.56. The van der Waals surface area contributed by atoms with Gasteiger partial charge in [0.15, 0.2) is 11.6 Å². The minimum absolute atomic E-state index is 0.0388. The molecule has 0 saturated carbocycles. The molecule has 2 rings (SSSR count). The van der Waals surface area contributed by atoms with E-state index in [0.29, 0.717) is 10.6 Å². The Morgan fingerprint density at radius 2 is 1.89 bits per heavy atom. The maximum Gasteiger partial charge on any atom is 0.199 e. The highest BCUT2D eigenvalue weighted by atomic mass is 79.9. The van der Waals surface area contributed by atoms with E-state index in [1.54, 1.807) is 19.1 Å². The first-order valence-corrected chi connectivity index (χ1v) is 6.53. The number of rotatable bonds is 2. The third kappa shape index (κ3) is 2.69. The van der Waals surface area contributed by atoms with Gasteiger partial charge in [-0.15, -0.1) is 0 Å². The second-order valence-electron chi connectivity index (χ2n) is 4.01. The van der Waals surface area contributed by atoms with Crippen molar-refractivity contribution in [2.75, 3.05) is 0 Å². The van der Waals surface area contributed by atoms with E-state index in [-0.39, 0.29) is 10.0 Å². The predicted molar refractivity (Wildman–Crippen MR) is 73.7 cm³/mol. The van der Waals surface area contributed by atoms with E-state index < -0.39 is 23.0 Å². The number of ketones is 1. The molecule has 0 aliphatic heterocycles. The average Bonchev–Trinajstić information content (AvgIpc) is 2.37. The summed E-state index contributed by atoms with van der Waals surface area (Å²) in [5.41, 5.74) is 0.205. The zero-order valence-corrected chi connectivity index (χ0v) is 12.1. The minimum Gasteiger partial charge on any atom is -0.288 e. The predicted octanol–water partition coefficient (Wildman–Crippen LogP) is 4.92. The lowest BCUT2D eigenvalue weighted by Gasteiger charge is -2.08. The molecule has 0 radical (unpaired) electrons. The van der Waals surface area contributed by atoms with Gasteiger partial charge in [-0.3, -0.25) is 4.79 Å². The summed E-state index contributed by atoms with van der Waals surface area (Å²) in [4.78, 5) is 12.3. The molecule has 1 nitrogen and oxygen atoms in total. The number of carbonyl (C=O) groups excluding carboxylic acids is 1. The number of halogens is 4. The molecular weight excluding hydrogens is 338 g/mol. The number of carbonyl (C=O) groups is 1. The van der Waals surface area contributed by atoms with E-state index in [4.69, 9.17) is 11.6 Å². The first kappa shape index (κ1) is 14.2. The van der Waals surface area contributed by atoms with Gasteiger partial charge in [-0.2, -0.15) is 0 Å². The van der Waals surface area contributed by atoms with Gasteiger partial charge in [0.05, 0.1) is 10.0 Å². The first-order valence-electron chi connectivity index (χ1n) is 5.36. The van der Waals surface area contributed by atoms with Crippen LogP contribution in [0.15, 0.2) is 34.8 Å². The van der Waals surface area contributed by atoms with Gasteiger partial charge in [-0.1, -0.05) is 17.7 Å². The van der Waals surface area contributed by atoms with Crippen LogP contribution < -0.4 is 0 Å². The number of hydrogen-bond donors (Lipinski definition) is 0. The van der Waals surface area contributed by atoms with E-state index in [1.807, 2.05) is 0 Å². The highest BCUT2D eigenvalue weighted by molar-refractivity contribution is 9.10. The Kier molecular flexibility index (Phi) is 4.02. The van der Waals surface area contributed by atoms with Crippen LogP contribution in [0.4, 0.5) is 8.78 Å². The quantitative estimate of drug-likeness (QED) is 0.558. The highest BCUT2D eigenvalue weighted by Gasteiger charge is 2.22. The summed E-state index contributed by atoms with van der Waals surface area (Å²) in [6.45, 7) is 1.68. The van der Waals surface area contributed by atoms with E-state index in [1.165, 1.54) is 12.1 Å². The summed E-state index contributed by atoms with van der Waals surface area (Å²) in [5, 5.41) is 0.338. The average molecular weight is 346 g/mol. The van der Waals surface area contributed by atoms with Gasteiger partial charge in [0, 0.05) is 10.6 Å². The summed E-state index contributed by atoms with van der Waals surface area (Å²) < 4.78 is 27.6. The molecule has 0 fully saturated rings. The van der Waals surface area contributed by atoms with Crippen LogP contribution in [0.3, 0.4) is 0 Å². The van der Waals surface area contributed by atoms with Gasteiger partial charge in [-0.05, 0) is 52.7 Å². The van der Waals surface area contributed by atoms with Crippen molar-refractivity contribution in [2.45, 2.75) is 6.92 Å². The van der Waals surface area contributed by atoms with Crippen LogP contribution in [-0.2, 0) is 0 Å². The molecule has 0 spiro atoms. The standard InChI is InChI=1S/C14H8BrClF2O/c1-7-2-3-8(16)6-9(7)14(19)12-11(17)5-4-10(15)13(12)18/h2-6H,1H3. The molecule has 0 aliphatic carbocycles. The number of benzene rings is 2. The molecule has 98 valence electrons. The zero-order chi connectivity index (χ0) is 14.2. The van der Waals surface area contributed by atoms with Crippen molar-refractivity contribution >= 4 is 33.3 Å². The smallest absolute Gasteiger partial charge is 0.199 e. The molecule has 0 heterocycles. The first-order chi connectivity index (χ1) is 8.91. The number of aryl methyl sites for hydroxylation is 1. The fraction of sp³-hybridized carbons (Fsp3) is 0.0714. The summed E-state index contributed by atoms with van der Waals surface area (Å²) >= 11 is 8.74. The van der Waals surface area contributed by atoms with E-state index in [2.05, 4.69) is 15.9 Å². The van der Waals surface area contributed by atoms with Gasteiger partial charge < -0.3 is 0 Å². The lowest BCUT2D eigenvalue weighted by atomic mass is 9.98. The molecule has 0 bridgehead atoms. The van der Waals surface area contributed by atoms with Crippen molar-refractivity contribution in [2.24, 2.45) is 0 Å². The summed E-state index contributed by atoms with van der Waals surface area (Å²) in [6, 6.07) is 6.90. The molecule has 0 aliphatic rings. The molecule has 5 heteroatoms. The maximum atomic E-state index is 13.9. The normalized spacial score (nSPS) is 10.6. The van der Waals surface area contributed by atoms with Crippen LogP contribution in [-0.4, -0.2) is 5.78 Å². The molecule has 0 aromatic heterocycles. The molecule has 0 amide bonds. The van der Waals surface area contributed by atoms with Crippen LogP contribution in [0.1, 0.15) is 21.5 Å². The topological polar surface area (TPSA) is 17.1 Å². The van der Waals surface area contributed by atoms with Crippen LogP contribution in [0.2, 0.25) is 5.02 Å². The van der Waals surface area contributed by atoms with Crippen molar-refractivity contribution in [3.8, 4) is 0 Å². The van der Waals surface area contributed by atoms with Gasteiger partial charge in [-0.25, -0.2) is 8.78 Å². The minimum atomic E-state index is -0.913. The SMILES string of the molecule is Cc1ccc(Cl)cc1C(=O)c1c(F)ccc(Br)c1F. The maximum absolute atomic E-state index is 13.9. The Balaban J connectivity index is 2.63. The van der Waals surface area contributed by atoms with Gasteiger partial charge >= 0.3 is 0 Å². The van der Waals surface area contributed by atoms with Gasteiger partial charge in [0.25, 0.3) is 0 Å². The van der Waals surface area contributed by atoms with E-state index >= 15 is 0 Å². The van der Waals surface area contributed by atoms with Gasteiger partial charge in [0.2, 0.25) is 0 Å². The van der Waals surface area contributed by atoms with Crippen LogP contribution in [0.25, 0.3) is 0 Å². The lowest BCUT2D eigenvalue weighted by Crippen LogP contribution is -2.09. The molecule has 2 aromatic rings. The summed E-state index contributed by atoms with van der Waals surface area (Å²) in [5.74, 6) is -2.54. The van der Waals surface area contributed by atoms with Crippen LogP contribution in [0.5, 0.6) is 0 Å². The van der Waals surface area contributed by atoms with Crippen molar-refractivity contribution in [1.29, 1.82) is 0 Å². The largest absolute Gasteiger partial charge is 0.288 e. The Morgan fingerprint density at radius 3 is 2.58 bits per heavy atom. The molecule has 0 unspecified atom stereocenters. The molecule has 19 heavy (non-hydrogen) atoms. The molecule has 0 N–H and O–H groups in total. The monoisotopic (exact) mass is 344 g/mol. The highest BCUT2D eigenvalue weighted by Crippen LogP contribution is 2.26. The summed E-state index contributed by atoms with van der Waals surface area (Å²) in [7, 11) is 0. The molecule has 0 atom stereocenters. The number of hydrogen-bond acceptors (Lipinski definition) is 1. The Morgan fingerprint density at radius 1 is 1.21 bits per heavy atom.